The molecule has 0 spiro atoms. The summed E-state index contributed by atoms with van der Waals surface area (Å²) in [5, 5.41) is 19.9. The number of para-hydroxylation sites is 2. The number of phenolic OH excluding ortho intramolecular Hbond substituents is 2. The van der Waals surface area contributed by atoms with Crippen LogP contribution in [0.15, 0.2) is 72.8 Å². The Balaban J connectivity index is 0.00000529. The molecular weight excluding hydrogens is 590 g/mol. The van der Waals surface area contributed by atoms with Gasteiger partial charge in [-0.2, -0.15) is 0 Å². The van der Waals surface area contributed by atoms with Crippen molar-refractivity contribution in [2.24, 2.45) is 0 Å². The van der Waals surface area contributed by atoms with E-state index in [1.807, 2.05) is 0 Å². The number of phosphoric acid groups is 1. The SMILES string of the molecule is Cc1cc(OP(=O)([O-])Oc2cc(C)c(CCC(=O)c3ccccc3O)cc2C)c(C)cc1CCC(=O)c1ccccc1O.[Na+]. The summed E-state index contributed by atoms with van der Waals surface area (Å²) in [7, 11) is -4.83. The predicted octanol–water partition coefficient (Wildman–Crippen LogP) is 3.89. The molecule has 0 aromatic heterocycles. The Hall–Kier alpha value is -3.39. The molecule has 0 aliphatic carbocycles. The van der Waals surface area contributed by atoms with Crippen molar-refractivity contribution in [3.8, 4) is 23.0 Å². The maximum Gasteiger partial charge on any atom is 1.00 e. The number of benzene rings is 4. The molecule has 10 heteroatoms. The normalized spacial score (nSPS) is 11.0. The van der Waals surface area contributed by atoms with Crippen molar-refractivity contribution >= 4 is 19.4 Å². The van der Waals surface area contributed by atoms with E-state index in [-0.39, 0.29) is 88.1 Å². The molecule has 8 nitrogen and oxygen atoms in total. The number of carbonyl (C=O) groups excluding carboxylic acids is 2. The van der Waals surface area contributed by atoms with Gasteiger partial charge >= 0.3 is 37.4 Å². The van der Waals surface area contributed by atoms with Crippen molar-refractivity contribution in [3.63, 3.8) is 0 Å². The Morgan fingerprint density at radius 3 is 1.39 bits per heavy atom. The van der Waals surface area contributed by atoms with Crippen LogP contribution < -0.4 is 43.5 Å². The molecule has 0 saturated carbocycles. The molecule has 0 unspecified atom stereocenters. The van der Waals surface area contributed by atoms with Gasteiger partial charge in [-0.1, -0.05) is 36.4 Å². The standard InChI is InChI=1S/C34H35O8P.Na/c1-21-19-33(23(3)17-25(21)13-15-31(37)27-9-5-7-11-29(27)35)41-43(39,40)42-34-20-22(2)26(18-24(34)4)14-16-32(38)28-10-6-8-12-30(28)36;/h5-12,17-20,35-36H,13-16H2,1-4H3,(H,39,40);/q;+1/p-1. The first-order valence-corrected chi connectivity index (χ1v) is 15.3. The number of ketones is 2. The minimum Gasteiger partial charge on any atom is -0.736 e. The second kappa shape index (κ2) is 15.1. The minimum absolute atomic E-state index is 0. The van der Waals surface area contributed by atoms with Crippen LogP contribution in [-0.4, -0.2) is 21.8 Å². The Bertz CT molecular complexity index is 1610. The summed E-state index contributed by atoms with van der Waals surface area (Å²) in [5.41, 5.74) is 4.87. The number of carbonyl (C=O) groups is 2. The number of hydrogen-bond donors (Lipinski definition) is 2. The molecule has 2 N–H and O–H groups in total. The smallest absolute Gasteiger partial charge is 0.736 e. The van der Waals surface area contributed by atoms with Crippen LogP contribution >= 0.6 is 7.82 Å². The third kappa shape index (κ3) is 8.84. The summed E-state index contributed by atoms with van der Waals surface area (Å²) in [6.45, 7) is 7.03. The van der Waals surface area contributed by atoms with Crippen molar-refractivity contribution in [2.75, 3.05) is 0 Å². The molecule has 0 aliphatic heterocycles. The van der Waals surface area contributed by atoms with E-state index in [1.165, 1.54) is 12.1 Å². The van der Waals surface area contributed by atoms with Crippen LogP contribution in [0.1, 0.15) is 66.9 Å². The largest absolute Gasteiger partial charge is 1.00 e. The van der Waals surface area contributed by atoms with E-state index in [2.05, 4.69) is 0 Å². The first-order chi connectivity index (χ1) is 20.3. The van der Waals surface area contributed by atoms with Crippen molar-refractivity contribution in [1.82, 2.24) is 0 Å². The van der Waals surface area contributed by atoms with Gasteiger partial charge in [0, 0.05) is 12.8 Å². The predicted molar refractivity (Wildman–Crippen MR) is 162 cm³/mol. The molecule has 0 saturated heterocycles. The van der Waals surface area contributed by atoms with Gasteiger partial charge in [-0.15, -0.1) is 0 Å². The molecule has 224 valence electrons. The van der Waals surface area contributed by atoms with Crippen molar-refractivity contribution in [1.29, 1.82) is 0 Å². The molecule has 0 aliphatic rings. The van der Waals surface area contributed by atoms with Gasteiger partial charge < -0.3 is 24.2 Å². The van der Waals surface area contributed by atoms with E-state index in [0.717, 1.165) is 22.3 Å². The van der Waals surface area contributed by atoms with E-state index in [9.17, 15) is 29.3 Å². The van der Waals surface area contributed by atoms with Gasteiger partial charge in [0.25, 0.3) is 0 Å². The van der Waals surface area contributed by atoms with E-state index in [4.69, 9.17) is 9.05 Å². The van der Waals surface area contributed by atoms with Gasteiger partial charge in [0.2, 0.25) is 0 Å². The molecule has 0 atom stereocenters. The number of aromatic hydroxyl groups is 2. The molecule has 0 bridgehead atoms. The second-order valence-electron chi connectivity index (χ2n) is 10.6. The third-order valence-corrected chi connectivity index (χ3v) is 8.18. The fourth-order valence-corrected chi connectivity index (χ4v) is 5.79. The van der Waals surface area contributed by atoms with Crippen LogP contribution in [0.5, 0.6) is 23.0 Å². The molecule has 0 heterocycles. The monoisotopic (exact) mass is 624 g/mol. The quantitative estimate of drug-likeness (QED) is 0.138. The molecule has 0 radical (unpaired) electrons. The Labute approximate surface area is 279 Å². The van der Waals surface area contributed by atoms with Crippen LogP contribution in [-0.2, 0) is 17.4 Å². The molecular formula is C34H34NaO8P. The van der Waals surface area contributed by atoms with E-state index < -0.39 is 7.82 Å². The summed E-state index contributed by atoms with van der Waals surface area (Å²) in [4.78, 5) is 38.1. The van der Waals surface area contributed by atoms with Gasteiger partial charge in [0.15, 0.2) is 11.6 Å². The summed E-state index contributed by atoms with van der Waals surface area (Å²) in [6.07, 6.45) is 1.18. The van der Waals surface area contributed by atoms with E-state index >= 15 is 0 Å². The van der Waals surface area contributed by atoms with Crippen molar-refractivity contribution < 1.29 is 67.9 Å². The van der Waals surface area contributed by atoms with Gasteiger partial charge in [-0.25, -0.2) is 4.57 Å². The molecule has 4 aromatic rings. The summed E-state index contributed by atoms with van der Waals surface area (Å²) < 4.78 is 23.6. The zero-order valence-electron chi connectivity index (χ0n) is 25.5. The van der Waals surface area contributed by atoms with Gasteiger partial charge in [0.1, 0.15) is 23.0 Å². The average Bonchev–Trinajstić information content (AvgIpc) is 2.95. The average molecular weight is 625 g/mol. The van der Waals surface area contributed by atoms with E-state index in [1.54, 1.807) is 88.4 Å². The maximum atomic E-state index is 12.9. The zero-order valence-corrected chi connectivity index (χ0v) is 28.4. The van der Waals surface area contributed by atoms with Crippen molar-refractivity contribution in [2.45, 2.75) is 53.4 Å². The fourth-order valence-electron chi connectivity index (χ4n) is 4.88. The number of phosphoric ester groups is 1. The van der Waals surface area contributed by atoms with Crippen LogP contribution in [0.2, 0.25) is 0 Å². The maximum absolute atomic E-state index is 12.9. The molecule has 4 rings (SSSR count). The first kappa shape index (κ1) is 35.1. The van der Waals surface area contributed by atoms with Gasteiger partial charge in [-0.3, -0.25) is 9.59 Å². The molecule has 0 fully saturated rings. The first-order valence-electron chi connectivity index (χ1n) is 13.9. The number of rotatable bonds is 12. The van der Waals surface area contributed by atoms with Crippen molar-refractivity contribution in [3.05, 3.63) is 117 Å². The van der Waals surface area contributed by atoms with Crippen LogP contribution in [0.3, 0.4) is 0 Å². The Morgan fingerprint density at radius 2 is 1.02 bits per heavy atom. The summed E-state index contributed by atoms with van der Waals surface area (Å²) in [5.74, 6) is -0.247. The minimum atomic E-state index is -4.83. The number of Topliss-reactive ketones (excluding diaryl/α,β-unsaturated/α-hetero) is 2. The number of phenols is 2. The molecule has 0 amide bonds. The topological polar surface area (TPSA) is 133 Å². The summed E-state index contributed by atoms with van der Waals surface area (Å²) >= 11 is 0. The van der Waals surface area contributed by atoms with E-state index in [0.29, 0.717) is 24.0 Å². The van der Waals surface area contributed by atoms with Crippen LogP contribution in [0.4, 0.5) is 0 Å². The molecule has 44 heavy (non-hydrogen) atoms. The fraction of sp³-hybridized carbons (Fsp3) is 0.235. The number of hydrogen-bond acceptors (Lipinski definition) is 8. The van der Waals surface area contributed by atoms with Gasteiger partial charge in [0.05, 0.1) is 11.1 Å². The summed E-state index contributed by atoms with van der Waals surface area (Å²) in [6, 6.07) is 19.6. The Kier molecular flexibility index (Phi) is 12.0. The zero-order chi connectivity index (χ0) is 31.3. The van der Waals surface area contributed by atoms with Gasteiger partial charge in [-0.05, 0) is 110 Å². The Morgan fingerprint density at radius 1 is 0.659 bits per heavy atom. The number of aryl methyl sites for hydroxylation is 6. The third-order valence-electron chi connectivity index (χ3n) is 7.34. The molecule has 4 aromatic carbocycles. The van der Waals surface area contributed by atoms with Crippen LogP contribution in [0.25, 0.3) is 0 Å². The van der Waals surface area contributed by atoms with Crippen LogP contribution in [0, 0.1) is 27.7 Å². The second-order valence-corrected chi connectivity index (χ2v) is 11.9.